The average Bonchev–Trinajstić information content (AvgIpc) is 2.14. The van der Waals surface area contributed by atoms with Gasteiger partial charge in [0.1, 0.15) is 0 Å². The number of rotatable bonds is 0. The van der Waals surface area contributed by atoms with E-state index in [1.165, 1.54) is 13.3 Å². The first-order chi connectivity index (χ1) is 6.96. The van der Waals surface area contributed by atoms with Gasteiger partial charge in [-0.15, -0.1) is 0 Å². The van der Waals surface area contributed by atoms with E-state index in [4.69, 9.17) is 0 Å². The zero-order chi connectivity index (χ0) is 11.4. The molecule has 0 aromatic carbocycles. The summed E-state index contributed by atoms with van der Waals surface area (Å²) < 4.78 is 38.6. The van der Waals surface area contributed by atoms with Crippen LogP contribution >= 0.6 is 0 Å². The molecule has 0 nitrogen and oxygen atoms in total. The Morgan fingerprint density at radius 3 is 1.40 bits per heavy atom. The summed E-state index contributed by atoms with van der Waals surface area (Å²) in [6.07, 6.45) is 3.41. The quantitative estimate of drug-likeness (QED) is 0.536. The van der Waals surface area contributed by atoms with Crippen molar-refractivity contribution in [3.63, 3.8) is 0 Å². The van der Waals surface area contributed by atoms with E-state index in [2.05, 4.69) is 0 Å². The summed E-state index contributed by atoms with van der Waals surface area (Å²) in [6, 6.07) is 0. The van der Waals surface area contributed by atoms with Crippen molar-refractivity contribution < 1.29 is 13.2 Å². The van der Waals surface area contributed by atoms with Crippen molar-refractivity contribution in [3.05, 3.63) is 0 Å². The molecule has 0 atom stereocenters. The molecule has 90 valence electrons. The van der Waals surface area contributed by atoms with Gasteiger partial charge in [-0.3, -0.25) is 0 Å². The summed E-state index contributed by atoms with van der Waals surface area (Å²) in [5.74, 6) is 0. The van der Waals surface area contributed by atoms with Crippen LogP contribution in [0, 0.1) is 5.41 Å². The topological polar surface area (TPSA) is 0 Å². The van der Waals surface area contributed by atoms with Gasteiger partial charge >= 0.3 is 6.18 Å². The Labute approximate surface area is 90.2 Å². The normalized spacial score (nSPS) is 24.8. The third-order valence-electron chi connectivity index (χ3n) is 3.64. The van der Waals surface area contributed by atoms with Crippen molar-refractivity contribution in [3.8, 4) is 0 Å². The lowest BCUT2D eigenvalue weighted by Crippen LogP contribution is -2.35. The molecule has 0 aromatic heterocycles. The van der Waals surface area contributed by atoms with Gasteiger partial charge in [0, 0.05) is 0 Å². The largest absolute Gasteiger partial charge is 0.394 e. The van der Waals surface area contributed by atoms with E-state index in [1.54, 1.807) is 0 Å². The van der Waals surface area contributed by atoms with Gasteiger partial charge in [-0.1, -0.05) is 51.9 Å². The van der Waals surface area contributed by atoms with Crippen molar-refractivity contribution in [2.24, 2.45) is 5.41 Å². The summed E-state index contributed by atoms with van der Waals surface area (Å²) in [7, 11) is 0. The minimum atomic E-state index is -4.02. The third kappa shape index (κ3) is 3.69. The van der Waals surface area contributed by atoms with Crippen molar-refractivity contribution >= 4 is 0 Å². The first-order valence-electron chi connectivity index (χ1n) is 6.02. The number of hydrogen-bond donors (Lipinski definition) is 0. The van der Waals surface area contributed by atoms with E-state index < -0.39 is 11.6 Å². The van der Waals surface area contributed by atoms with E-state index in [0.717, 1.165) is 38.5 Å². The summed E-state index contributed by atoms with van der Waals surface area (Å²) in [4.78, 5) is 0. The summed E-state index contributed by atoms with van der Waals surface area (Å²) in [5.41, 5.74) is -1.43. The molecule has 0 amide bonds. The van der Waals surface area contributed by atoms with Crippen LogP contribution in [0.3, 0.4) is 0 Å². The van der Waals surface area contributed by atoms with Crippen LogP contribution < -0.4 is 0 Å². The molecule has 1 saturated carbocycles. The van der Waals surface area contributed by atoms with Gasteiger partial charge in [0.15, 0.2) is 0 Å². The second kappa shape index (κ2) is 5.22. The van der Waals surface area contributed by atoms with Crippen LogP contribution in [0.1, 0.15) is 64.7 Å². The fourth-order valence-electron chi connectivity index (χ4n) is 2.32. The maximum atomic E-state index is 12.9. The lowest BCUT2D eigenvalue weighted by Gasteiger charge is -2.32. The fraction of sp³-hybridized carbons (Fsp3) is 1.00. The molecule has 1 fully saturated rings. The minimum absolute atomic E-state index is 0.316. The van der Waals surface area contributed by atoms with Crippen molar-refractivity contribution in [1.82, 2.24) is 0 Å². The lowest BCUT2D eigenvalue weighted by atomic mass is 9.78. The molecule has 0 N–H and O–H groups in total. The van der Waals surface area contributed by atoms with E-state index in [9.17, 15) is 13.2 Å². The highest BCUT2D eigenvalue weighted by atomic mass is 19.4. The minimum Gasteiger partial charge on any atom is -0.171 e. The second-order valence-corrected chi connectivity index (χ2v) is 5.03. The van der Waals surface area contributed by atoms with Gasteiger partial charge in [-0.2, -0.15) is 13.2 Å². The van der Waals surface area contributed by atoms with Gasteiger partial charge in [0.05, 0.1) is 5.41 Å². The van der Waals surface area contributed by atoms with E-state index in [-0.39, 0.29) is 0 Å². The molecule has 0 aromatic rings. The van der Waals surface area contributed by atoms with Crippen molar-refractivity contribution in [2.75, 3.05) is 0 Å². The molecule has 0 radical (unpaired) electrons. The van der Waals surface area contributed by atoms with Gasteiger partial charge in [-0.25, -0.2) is 0 Å². The maximum absolute atomic E-state index is 12.9. The number of halogens is 3. The van der Waals surface area contributed by atoms with Crippen molar-refractivity contribution in [2.45, 2.75) is 70.9 Å². The fourth-order valence-corrected chi connectivity index (χ4v) is 2.32. The molecular formula is C12H21F3. The zero-order valence-corrected chi connectivity index (χ0v) is 9.50. The molecule has 1 aliphatic carbocycles. The van der Waals surface area contributed by atoms with Crippen LogP contribution in [0.2, 0.25) is 0 Å². The lowest BCUT2D eigenvalue weighted by molar-refractivity contribution is -0.223. The Kier molecular flexibility index (Phi) is 4.47. The van der Waals surface area contributed by atoms with Crippen LogP contribution in [0.4, 0.5) is 13.2 Å². The van der Waals surface area contributed by atoms with Crippen LogP contribution in [0.25, 0.3) is 0 Å². The second-order valence-electron chi connectivity index (χ2n) is 5.03. The van der Waals surface area contributed by atoms with Gasteiger partial charge in [0.25, 0.3) is 0 Å². The van der Waals surface area contributed by atoms with Crippen LogP contribution in [-0.4, -0.2) is 6.18 Å². The predicted octanol–water partition coefficient (Wildman–Crippen LogP) is 5.08. The molecule has 0 unspecified atom stereocenters. The van der Waals surface area contributed by atoms with E-state index >= 15 is 0 Å². The van der Waals surface area contributed by atoms with Crippen LogP contribution in [0.5, 0.6) is 0 Å². The van der Waals surface area contributed by atoms with Gasteiger partial charge in [0.2, 0.25) is 0 Å². The van der Waals surface area contributed by atoms with E-state index in [0.29, 0.717) is 12.8 Å². The smallest absolute Gasteiger partial charge is 0.171 e. The zero-order valence-electron chi connectivity index (χ0n) is 9.50. The number of alkyl halides is 3. The van der Waals surface area contributed by atoms with Gasteiger partial charge in [-0.05, 0) is 12.8 Å². The molecule has 0 saturated heterocycles. The molecule has 1 rings (SSSR count). The SMILES string of the molecule is CC1(C(F)(F)F)CCCCCCCCC1. The maximum Gasteiger partial charge on any atom is 0.394 e. The monoisotopic (exact) mass is 222 g/mol. The Balaban J connectivity index is 2.58. The summed E-state index contributed by atoms with van der Waals surface area (Å²) >= 11 is 0. The molecular weight excluding hydrogens is 201 g/mol. The molecule has 0 spiro atoms. The molecule has 15 heavy (non-hydrogen) atoms. The first-order valence-corrected chi connectivity index (χ1v) is 6.02. The van der Waals surface area contributed by atoms with Crippen LogP contribution in [-0.2, 0) is 0 Å². The van der Waals surface area contributed by atoms with Gasteiger partial charge < -0.3 is 0 Å². The molecule has 3 heteroatoms. The Hall–Kier alpha value is -0.210. The highest BCUT2D eigenvalue weighted by Crippen LogP contribution is 2.46. The Morgan fingerprint density at radius 2 is 1.07 bits per heavy atom. The standard InChI is InChI=1S/C12H21F3/c1-11(12(13,14)15)9-7-5-3-2-4-6-8-10-11/h2-10H2,1H3. The summed E-state index contributed by atoms with van der Waals surface area (Å²) in [6.45, 7) is 1.40. The predicted molar refractivity (Wildman–Crippen MR) is 55.7 cm³/mol. The number of hydrogen-bond acceptors (Lipinski definition) is 0. The molecule has 1 aliphatic rings. The highest BCUT2D eigenvalue weighted by molar-refractivity contribution is 4.82. The van der Waals surface area contributed by atoms with Crippen LogP contribution in [0.15, 0.2) is 0 Å². The molecule has 0 aliphatic heterocycles. The molecule has 0 bridgehead atoms. The Morgan fingerprint density at radius 1 is 0.733 bits per heavy atom. The highest BCUT2D eigenvalue weighted by Gasteiger charge is 2.49. The average molecular weight is 222 g/mol. The van der Waals surface area contributed by atoms with E-state index in [1.807, 2.05) is 0 Å². The van der Waals surface area contributed by atoms with Crippen molar-refractivity contribution in [1.29, 1.82) is 0 Å². The first kappa shape index (κ1) is 12.9. The summed E-state index contributed by atoms with van der Waals surface area (Å²) in [5, 5.41) is 0. The molecule has 0 heterocycles. The Bertz CT molecular complexity index is 174. The third-order valence-corrected chi connectivity index (χ3v) is 3.64.